The van der Waals surface area contributed by atoms with Crippen LogP contribution >= 0.6 is 0 Å². The zero-order chi connectivity index (χ0) is 15.2. The van der Waals surface area contributed by atoms with Gasteiger partial charge in [0.05, 0.1) is 5.69 Å². The molecule has 0 saturated carbocycles. The first-order valence-corrected chi connectivity index (χ1v) is 6.00. The van der Waals surface area contributed by atoms with E-state index in [1.165, 1.54) is 18.3 Å². The number of hydrogen-bond acceptors (Lipinski definition) is 4. The number of pyridine rings is 1. The van der Waals surface area contributed by atoms with Gasteiger partial charge in [0, 0.05) is 17.8 Å². The number of aromatic amines is 1. The molecule has 21 heavy (non-hydrogen) atoms. The Balaban J connectivity index is 2.17. The highest BCUT2D eigenvalue weighted by Gasteiger charge is 2.11. The van der Waals surface area contributed by atoms with E-state index in [0.29, 0.717) is 5.69 Å². The number of H-pyrrole nitrogens is 1. The third kappa shape index (κ3) is 3.93. The predicted octanol–water partition coefficient (Wildman–Crippen LogP) is 1.09. The fourth-order valence-corrected chi connectivity index (χ4v) is 1.62. The van der Waals surface area contributed by atoms with Gasteiger partial charge in [0.25, 0.3) is 5.91 Å². The molecule has 0 aliphatic carbocycles. The number of amides is 1. The van der Waals surface area contributed by atoms with Crippen molar-refractivity contribution >= 4 is 17.6 Å². The monoisotopic (exact) mass is 288 g/mol. The smallest absolute Gasteiger partial charge is 0.341 e. The summed E-state index contributed by atoms with van der Waals surface area (Å²) in [6.45, 7) is -0.516. The first kappa shape index (κ1) is 14.3. The van der Waals surface area contributed by atoms with E-state index in [9.17, 15) is 14.4 Å². The van der Waals surface area contributed by atoms with Crippen LogP contribution in [-0.2, 0) is 4.79 Å². The van der Waals surface area contributed by atoms with Crippen LogP contribution in [0.4, 0.5) is 5.69 Å². The van der Waals surface area contributed by atoms with Gasteiger partial charge in [-0.2, -0.15) is 0 Å². The van der Waals surface area contributed by atoms with Crippen molar-refractivity contribution in [3.63, 3.8) is 0 Å². The summed E-state index contributed by atoms with van der Waals surface area (Å²) in [6, 6.07) is 9.05. The fraction of sp³-hybridized carbons (Fsp3) is 0.0714. The minimum Gasteiger partial charge on any atom is -0.480 e. The van der Waals surface area contributed by atoms with Crippen LogP contribution in [0.2, 0.25) is 0 Å². The average molecular weight is 288 g/mol. The number of carboxylic acids is 1. The molecule has 7 nitrogen and oxygen atoms in total. The summed E-state index contributed by atoms with van der Waals surface area (Å²) in [5, 5.41) is 11.2. The van der Waals surface area contributed by atoms with E-state index in [1.807, 2.05) is 0 Å². The first-order chi connectivity index (χ1) is 10.1. The molecular weight excluding hydrogens is 276 g/mol. The molecular formula is C14H12N2O5. The van der Waals surface area contributed by atoms with Crippen molar-refractivity contribution in [2.75, 3.05) is 11.9 Å². The van der Waals surface area contributed by atoms with Gasteiger partial charge >= 0.3 is 5.97 Å². The van der Waals surface area contributed by atoms with Crippen LogP contribution < -0.4 is 15.6 Å². The Morgan fingerprint density at radius 2 is 2.00 bits per heavy atom. The molecule has 0 aliphatic heterocycles. The molecule has 3 N–H and O–H groups in total. The van der Waals surface area contributed by atoms with Gasteiger partial charge in [-0.15, -0.1) is 0 Å². The van der Waals surface area contributed by atoms with Crippen molar-refractivity contribution in [3.8, 4) is 5.75 Å². The molecule has 0 radical (unpaired) electrons. The van der Waals surface area contributed by atoms with Crippen LogP contribution in [0.5, 0.6) is 5.75 Å². The maximum atomic E-state index is 12.0. The van der Waals surface area contributed by atoms with Gasteiger partial charge in [-0.25, -0.2) is 4.79 Å². The molecule has 1 aromatic heterocycles. The SMILES string of the molecule is O=C(O)COc1ccccc1NC(=O)c1cc[nH]c(=O)c1. The molecule has 0 atom stereocenters. The second-order valence-corrected chi connectivity index (χ2v) is 4.07. The third-order valence-electron chi connectivity index (χ3n) is 2.52. The number of carbonyl (C=O) groups excluding carboxylic acids is 1. The Morgan fingerprint density at radius 1 is 1.24 bits per heavy atom. The zero-order valence-corrected chi connectivity index (χ0v) is 10.8. The van der Waals surface area contributed by atoms with Gasteiger partial charge in [0.2, 0.25) is 5.56 Å². The number of para-hydroxylation sites is 2. The number of ether oxygens (including phenoxy) is 1. The van der Waals surface area contributed by atoms with Gasteiger partial charge < -0.3 is 20.1 Å². The molecule has 1 aromatic carbocycles. The lowest BCUT2D eigenvalue weighted by Crippen LogP contribution is -2.17. The molecule has 1 amide bonds. The highest BCUT2D eigenvalue weighted by Crippen LogP contribution is 2.24. The van der Waals surface area contributed by atoms with E-state index in [4.69, 9.17) is 9.84 Å². The lowest BCUT2D eigenvalue weighted by Gasteiger charge is -2.11. The number of hydrogen-bond donors (Lipinski definition) is 3. The van der Waals surface area contributed by atoms with E-state index < -0.39 is 24.0 Å². The van der Waals surface area contributed by atoms with Crippen LogP contribution in [0.25, 0.3) is 0 Å². The molecule has 0 aliphatic rings. The van der Waals surface area contributed by atoms with E-state index in [2.05, 4.69) is 10.3 Å². The van der Waals surface area contributed by atoms with Crippen molar-refractivity contribution in [2.24, 2.45) is 0 Å². The van der Waals surface area contributed by atoms with Crippen molar-refractivity contribution in [1.82, 2.24) is 4.98 Å². The lowest BCUT2D eigenvalue weighted by atomic mass is 10.2. The van der Waals surface area contributed by atoms with Gasteiger partial charge in [-0.1, -0.05) is 12.1 Å². The summed E-state index contributed by atoms with van der Waals surface area (Å²) in [7, 11) is 0. The van der Waals surface area contributed by atoms with Crippen molar-refractivity contribution in [3.05, 3.63) is 58.5 Å². The quantitative estimate of drug-likeness (QED) is 0.763. The molecule has 0 bridgehead atoms. The number of nitrogens with one attached hydrogen (secondary N) is 2. The number of benzene rings is 1. The van der Waals surface area contributed by atoms with Crippen molar-refractivity contribution in [1.29, 1.82) is 0 Å². The second-order valence-electron chi connectivity index (χ2n) is 4.07. The first-order valence-electron chi connectivity index (χ1n) is 6.00. The van der Waals surface area contributed by atoms with E-state index in [0.717, 1.165) is 6.07 Å². The molecule has 2 rings (SSSR count). The van der Waals surface area contributed by atoms with Crippen molar-refractivity contribution < 1.29 is 19.4 Å². The van der Waals surface area contributed by atoms with Gasteiger partial charge in [-0.3, -0.25) is 9.59 Å². The molecule has 0 unspecified atom stereocenters. The molecule has 7 heteroatoms. The molecule has 108 valence electrons. The summed E-state index contributed by atoms with van der Waals surface area (Å²) in [4.78, 5) is 36.1. The number of carbonyl (C=O) groups is 2. The average Bonchev–Trinajstić information content (AvgIpc) is 2.46. The van der Waals surface area contributed by atoms with Crippen LogP contribution in [0.15, 0.2) is 47.4 Å². The number of aromatic nitrogens is 1. The minimum absolute atomic E-state index is 0.187. The topological polar surface area (TPSA) is 108 Å². The third-order valence-corrected chi connectivity index (χ3v) is 2.52. The highest BCUT2D eigenvalue weighted by molar-refractivity contribution is 6.04. The maximum Gasteiger partial charge on any atom is 0.341 e. The Morgan fingerprint density at radius 3 is 2.71 bits per heavy atom. The van der Waals surface area contributed by atoms with Gasteiger partial charge in [0.1, 0.15) is 5.75 Å². The molecule has 0 saturated heterocycles. The van der Waals surface area contributed by atoms with E-state index in [-0.39, 0.29) is 11.3 Å². The number of carboxylic acid groups (broad SMARTS) is 1. The predicted molar refractivity (Wildman–Crippen MR) is 74.6 cm³/mol. The van der Waals surface area contributed by atoms with Crippen molar-refractivity contribution in [2.45, 2.75) is 0 Å². The summed E-state index contributed by atoms with van der Waals surface area (Å²) >= 11 is 0. The van der Waals surface area contributed by atoms with Crippen LogP contribution in [-0.4, -0.2) is 28.6 Å². The summed E-state index contributed by atoms with van der Waals surface area (Å²) < 4.78 is 5.08. The molecule has 2 aromatic rings. The standard InChI is InChI=1S/C14H12N2O5/c17-12-7-9(5-6-15-12)14(20)16-10-3-1-2-4-11(10)21-8-13(18)19/h1-7H,8H2,(H,15,17)(H,16,20)(H,18,19). The van der Waals surface area contributed by atoms with Gasteiger partial charge in [0.15, 0.2) is 6.61 Å². The van der Waals surface area contributed by atoms with E-state index in [1.54, 1.807) is 18.2 Å². The second kappa shape index (κ2) is 6.38. The summed E-state index contributed by atoms with van der Waals surface area (Å²) in [5.41, 5.74) is 0.119. The Hall–Kier alpha value is -3.09. The number of anilines is 1. The summed E-state index contributed by atoms with van der Waals surface area (Å²) in [6.07, 6.45) is 1.37. The molecule has 0 fully saturated rings. The minimum atomic E-state index is -1.12. The van der Waals surface area contributed by atoms with Gasteiger partial charge in [-0.05, 0) is 18.2 Å². The normalized spacial score (nSPS) is 9.90. The van der Waals surface area contributed by atoms with Crippen LogP contribution in [0.1, 0.15) is 10.4 Å². The number of aliphatic carboxylic acids is 1. The number of rotatable bonds is 5. The summed E-state index contributed by atoms with van der Waals surface area (Å²) in [5.74, 6) is -1.38. The fourth-order valence-electron chi connectivity index (χ4n) is 1.62. The Labute approximate surface area is 119 Å². The van der Waals surface area contributed by atoms with Crippen LogP contribution in [0, 0.1) is 0 Å². The zero-order valence-electron chi connectivity index (χ0n) is 10.8. The van der Waals surface area contributed by atoms with E-state index >= 15 is 0 Å². The lowest BCUT2D eigenvalue weighted by molar-refractivity contribution is -0.139. The Kier molecular flexibility index (Phi) is 4.35. The molecule has 1 heterocycles. The highest BCUT2D eigenvalue weighted by atomic mass is 16.5. The Bertz CT molecular complexity index is 723. The largest absolute Gasteiger partial charge is 0.480 e. The maximum absolute atomic E-state index is 12.0. The molecule has 0 spiro atoms. The van der Waals surface area contributed by atoms with Crippen LogP contribution in [0.3, 0.4) is 0 Å².